The van der Waals surface area contributed by atoms with Gasteiger partial charge in [0.2, 0.25) is 0 Å². The van der Waals surface area contributed by atoms with Gasteiger partial charge >= 0.3 is 0 Å². The van der Waals surface area contributed by atoms with Gasteiger partial charge in [-0.3, -0.25) is 4.79 Å². The molecular weight excluding hydrogens is 240 g/mol. The monoisotopic (exact) mass is 254 g/mol. The Morgan fingerprint density at radius 3 is 2.71 bits per heavy atom. The number of carbonyl (C=O) groups is 1. The minimum Gasteiger partial charge on any atom is -0.377 e. The number of hydrogen-bond acceptors (Lipinski definition) is 3. The van der Waals surface area contributed by atoms with Gasteiger partial charge in [0, 0.05) is 19.7 Å². The lowest BCUT2D eigenvalue weighted by atomic mass is 10.1. The number of rotatable bonds is 3. The van der Waals surface area contributed by atoms with Gasteiger partial charge in [-0.15, -0.1) is 0 Å². The van der Waals surface area contributed by atoms with E-state index in [4.69, 9.17) is 16.3 Å². The van der Waals surface area contributed by atoms with E-state index in [-0.39, 0.29) is 11.9 Å². The molecule has 1 aromatic rings. The van der Waals surface area contributed by atoms with Crippen LogP contribution in [0.5, 0.6) is 0 Å². The Hall–Kier alpha value is -1.26. The maximum absolute atomic E-state index is 11.8. The second kappa shape index (κ2) is 4.94. The fourth-order valence-corrected chi connectivity index (χ4v) is 1.74. The molecule has 1 saturated heterocycles. The lowest BCUT2D eigenvalue weighted by molar-refractivity contribution is 0.0211. The van der Waals surface area contributed by atoms with Gasteiger partial charge in [0.05, 0.1) is 30.0 Å². The molecule has 2 rings (SSSR count). The van der Waals surface area contributed by atoms with Crippen molar-refractivity contribution in [2.75, 3.05) is 32.6 Å². The summed E-state index contributed by atoms with van der Waals surface area (Å²) < 4.78 is 5.08. The van der Waals surface area contributed by atoms with Gasteiger partial charge in [0.25, 0.3) is 5.91 Å². The van der Waals surface area contributed by atoms with Crippen LogP contribution in [-0.4, -0.2) is 44.2 Å². The number of nitrogens with one attached hydrogen (secondary N) is 1. The first kappa shape index (κ1) is 12.2. The van der Waals surface area contributed by atoms with Gasteiger partial charge in [0.1, 0.15) is 0 Å². The molecule has 1 heterocycles. The maximum Gasteiger partial charge on any atom is 0.253 e. The van der Waals surface area contributed by atoms with Crippen LogP contribution < -0.4 is 5.32 Å². The number of benzene rings is 1. The summed E-state index contributed by atoms with van der Waals surface area (Å²) in [6.07, 6.45) is 0. The Balaban J connectivity index is 2.19. The highest BCUT2D eigenvalue weighted by Gasteiger charge is 2.19. The van der Waals surface area contributed by atoms with E-state index in [0.29, 0.717) is 23.8 Å². The molecule has 1 fully saturated rings. The third-order valence-electron chi connectivity index (χ3n) is 2.62. The Morgan fingerprint density at radius 2 is 2.18 bits per heavy atom. The minimum atomic E-state index is -0.0328. The fourth-order valence-electron chi connectivity index (χ4n) is 1.57. The summed E-state index contributed by atoms with van der Waals surface area (Å²) in [4.78, 5) is 13.3. The number of amides is 1. The zero-order chi connectivity index (χ0) is 12.4. The van der Waals surface area contributed by atoms with Gasteiger partial charge in [-0.25, -0.2) is 0 Å². The SMILES string of the molecule is CN(C)C(=O)c1ccc(Cl)c(NC2COC2)c1. The molecule has 0 aliphatic carbocycles. The van der Waals surface area contributed by atoms with Crippen molar-refractivity contribution in [2.24, 2.45) is 0 Å². The van der Waals surface area contributed by atoms with E-state index in [1.54, 1.807) is 37.2 Å². The molecular formula is C12H15ClN2O2. The van der Waals surface area contributed by atoms with E-state index in [9.17, 15) is 4.79 Å². The summed E-state index contributed by atoms with van der Waals surface area (Å²) >= 11 is 6.08. The maximum atomic E-state index is 11.8. The van der Waals surface area contributed by atoms with Crippen molar-refractivity contribution in [1.82, 2.24) is 4.90 Å². The van der Waals surface area contributed by atoms with Crippen molar-refractivity contribution < 1.29 is 9.53 Å². The van der Waals surface area contributed by atoms with Crippen molar-refractivity contribution >= 4 is 23.2 Å². The third kappa shape index (κ3) is 2.70. The summed E-state index contributed by atoms with van der Waals surface area (Å²) in [6.45, 7) is 1.37. The van der Waals surface area contributed by atoms with Crippen molar-refractivity contribution in [3.05, 3.63) is 28.8 Å². The number of nitrogens with zero attached hydrogens (tertiary/aromatic N) is 1. The lowest BCUT2D eigenvalue weighted by Gasteiger charge is -2.28. The summed E-state index contributed by atoms with van der Waals surface area (Å²) in [5, 5.41) is 3.87. The summed E-state index contributed by atoms with van der Waals surface area (Å²) in [5.74, 6) is -0.0328. The summed E-state index contributed by atoms with van der Waals surface area (Å²) in [5.41, 5.74) is 1.41. The predicted octanol–water partition coefficient (Wildman–Crippen LogP) is 1.85. The van der Waals surface area contributed by atoms with Crippen LogP contribution in [0.2, 0.25) is 5.02 Å². The molecule has 1 N–H and O–H groups in total. The van der Waals surface area contributed by atoms with Crippen LogP contribution in [0.1, 0.15) is 10.4 Å². The number of hydrogen-bond donors (Lipinski definition) is 1. The first-order chi connectivity index (χ1) is 8.08. The first-order valence-corrected chi connectivity index (χ1v) is 5.81. The minimum absolute atomic E-state index is 0.0328. The number of carbonyl (C=O) groups excluding carboxylic acids is 1. The summed E-state index contributed by atoms with van der Waals surface area (Å²) in [7, 11) is 3.45. The van der Waals surface area contributed by atoms with Crippen molar-refractivity contribution in [3.63, 3.8) is 0 Å². The molecule has 4 nitrogen and oxygen atoms in total. The summed E-state index contributed by atoms with van der Waals surface area (Å²) in [6, 6.07) is 5.54. The molecule has 1 amide bonds. The topological polar surface area (TPSA) is 41.6 Å². The van der Waals surface area contributed by atoms with Crippen molar-refractivity contribution in [2.45, 2.75) is 6.04 Å². The molecule has 0 aromatic heterocycles. The van der Waals surface area contributed by atoms with Crippen LogP contribution in [0.3, 0.4) is 0 Å². The van der Waals surface area contributed by atoms with Crippen LogP contribution in [-0.2, 0) is 4.74 Å². The van der Waals surface area contributed by atoms with E-state index in [1.165, 1.54) is 0 Å². The second-order valence-electron chi connectivity index (χ2n) is 4.27. The Morgan fingerprint density at radius 1 is 1.47 bits per heavy atom. The third-order valence-corrected chi connectivity index (χ3v) is 2.95. The van der Waals surface area contributed by atoms with E-state index in [2.05, 4.69) is 5.32 Å². The highest BCUT2D eigenvalue weighted by Crippen LogP contribution is 2.25. The molecule has 17 heavy (non-hydrogen) atoms. The van der Waals surface area contributed by atoms with Crippen LogP contribution in [0.25, 0.3) is 0 Å². The van der Waals surface area contributed by atoms with E-state index in [1.807, 2.05) is 0 Å². The van der Waals surface area contributed by atoms with Crippen molar-refractivity contribution in [1.29, 1.82) is 0 Å². The molecule has 1 aromatic carbocycles. The Labute approximate surface area is 106 Å². The molecule has 0 radical (unpaired) electrons. The van der Waals surface area contributed by atoms with E-state index >= 15 is 0 Å². The molecule has 0 bridgehead atoms. The van der Waals surface area contributed by atoms with Gasteiger partial charge in [-0.05, 0) is 18.2 Å². The Bertz CT molecular complexity index is 431. The number of ether oxygens (including phenoxy) is 1. The standard InChI is InChI=1S/C12H15ClN2O2/c1-15(2)12(16)8-3-4-10(13)11(5-8)14-9-6-17-7-9/h3-5,9,14H,6-7H2,1-2H3. The average Bonchev–Trinajstić information content (AvgIpc) is 2.24. The van der Waals surface area contributed by atoms with Gasteiger partial charge < -0.3 is 15.0 Å². The first-order valence-electron chi connectivity index (χ1n) is 5.43. The van der Waals surface area contributed by atoms with Gasteiger partial charge in [-0.2, -0.15) is 0 Å². The largest absolute Gasteiger partial charge is 0.377 e. The molecule has 0 atom stereocenters. The number of halogens is 1. The van der Waals surface area contributed by atoms with E-state index in [0.717, 1.165) is 5.69 Å². The van der Waals surface area contributed by atoms with Crippen LogP contribution in [0.15, 0.2) is 18.2 Å². The Kier molecular flexibility index (Phi) is 3.54. The highest BCUT2D eigenvalue weighted by atomic mass is 35.5. The fraction of sp³-hybridized carbons (Fsp3) is 0.417. The highest BCUT2D eigenvalue weighted by molar-refractivity contribution is 6.33. The molecule has 1 aliphatic heterocycles. The van der Waals surface area contributed by atoms with Crippen LogP contribution >= 0.6 is 11.6 Å². The zero-order valence-electron chi connectivity index (χ0n) is 9.87. The average molecular weight is 255 g/mol. The lowest BCUT2D eigenvalue weighted by Crippen LogP contribution is -2.40. The molecule has 0 spiro atoms. The number of anilines is 1. The molecule has 0 saturated carbocycles. The normalized spacial score (nSPS) is 15.2. The van der Waals surface area contributed by atoms with Crippen LogP contribution in [0.4, 0.5) is 5.69 Å². The van der Waals surface area contributed by atoms with Crippen LogP contribution in [0, 0.1) is 0 Å². The molecule has 1 aliphatic rings. The molecule has 92 valence electrons. The van der Waals surface area contributed by atoms with Crippen molar-refractivity contribution in [3.8, 4) is 0 Å². The van der Waals surface area contributed by atoms with Gasteiger partial charge in [0.15, 0.2) is 0 Å². The molecule has 0 unspecified atom stereocenters. The van der Waals surface area contributed by atoms with E-state index < -0.39 is 0 Å². The second-order valence-corrected chi connectivity index (χ2v) is 4.68. The van der Waals surface area contributed by atoms with Gasteiger partial charge in [-0.1, -0.05) is 11.6 Å². The zero-order valence-corrected chi connectivity index (χ0v) is 10.6. The quantitative estimate of drug-likeness (QED) is 0.895. The predicted molar refractivity (Wildman–Crippen MR) is 67.7 cm³/mol. The molecule has 5 heteroatoms. The smallest absolute Gasteiger partial charge is 0.253 e.